The van der Waals surface area contributed by atoms with E-state index in [0.717, 1.165) is 44.5 Å². The second-order valence-electron chi connectivity index (χ2n) is 5.43. The molecular weight excluding hydrogens is 302 g/mol. The summed E-state index contributed by atoms with van der Waals surface area (Å²) in [6.45, 7) is 3.88. The van der Waals surface area contributed by atoms with Crippen LogP contribution in [-0.4, -0.2) is 32.5 Å². The lowest BCUT2D eigenvalue weighted by Gasteiger charge is -2.20. The molecule has 0 radical (unpaired) electrons. The fraction of sp³-hybridized carbons (Fsp3) is 0.571. The van der Waals surface area contributed by atoms with E-state index in [4.69, 9.17) is 10.3 Å². The Morgan fingerprint density at radius 3 is 3.14 bits per heavy atom. The zero-order valence-electron chi connectivity index (χ0n) is 12.5. The number of aromatic nitrogens is 3. The third kappa shape index (κ3) is 3.17. The minimum atomic E-state index is -0.664. The summed E-state index contributed by atoms with van der Waals surface area (Å²) in [6.07, 6.45) is 4.13. The van der Waals surface area contributed by atoms with Crippen molar-refractivity contribution < 1.29 is 9.32 Å². The van der Waals surface area contributed by atoms with E-state index in [1.165, 1.54) is 5.01 Å². The van der Waals surface area contributed by atoms with Crippen LogP contribution in [0.25, 0.3) is 0 Å². The van der Waals surface area contributed by atoms with Gasteiger partial charge in [0.05, 0.1) is 16.7 Å². The molecule has 1 aliphatic rings. The number of carbonyl (C=O) groups is 1. The van der Waals surface area contributed by atoms with E-state index in [1.54, 1.807) is 11.3 Å². The molecule has 22 heavy (non-hydrogen) atoms. The maximum Gasteiger partial charge on any atom is 0.290 e. The van der Waals surface area contributed by atoms with E-state index >= 15 is 0 Å². The van der Waals surface area contributed by atoms with Gasteiger partial charge >= 0.3 is 0 Å². The monoisotopic (exact) mass is 321 g/mol. The number of nitrogens with zero attached hydrogens (tertiary/aromatic N) is 4. The van der Waals surface area contributed by atoms with Crippen molar-refractivity contribution >= 4 is 17.2 Å². The second-order valence-corrected chi connectivity index (χ2v) is 6.37. The van der Waals surface area contributed by atoms with Crippen molar-refractivity contribution in [2.45, 2.75) is 45.2 Å². The van der Waals surface area contributed by atoms with Gasteiger partial charge in [0.25, 0.3) is 11.7 Å². The Morgan fingerprint density at radius 1 is 1.55 bits per heavy atom. The van der Waals surface area contributed by atoms with E-state index < -0.39 is 5.91 Å². The highest BCUT2D eigenvalue weighted by molar-refractivity contribution is 7.09. The summed E-state index contributed by atoms with van der Waals surface area (Å²) in [4.78, 5) is 22.1. The average molecular weight is 321 g/mol. The van der Waals surface area contributed by atoms with Gasteiger partial charge in [0.15, 0.2) is 0 Å². The molecule has 1 amide bonds. The SMILES string of the molecule is CCCc1nc(CN2CCCC2c2nc(C(N)=O)no2)cs1. The van der Waals surface area contributed by atoms with Crippen molar-refractivity contribution in [3.8, 4) is 0 Å². The van der Waals surface area contributed by atoms with Gasteiger partial charge in [0.2, 0.25) is 5.89 Å². The molecule has 0 aliphatic carbocycles. The first-order valence-electron chi connectivity index (χ1n) is 7.48. The minimum Gasteiger partial charge on any atom is -0.363 e. The average Bonchev–Trinajstić information content (AvgIpc) is 3.19. The maximum atomic E-state index is 11.1. The number of amides is 1. The molecule has 1 atom stereocenters. The van der Waals surface area contributed by atoms with Crippen molar-refractivity contribution in [1.82, 2.24) is 20.0 Å². The van der Waals surface area contributed by atoms with Crippen molar-refractivity contribution in [3.05, 3.63) is 27.8 Å². The van der Waals surface area contributed by atoms with Crippen molar-refractivity contribution in [1.29, 1.82) is 0 Å². The molecule has 0 bridgehead atoms. The molecule has 2 aromatic heterocycles. The van der Waals surface area contributed by atoms with E-state index in [9.17, 15) is 4.79 Å². The number of primary amides is 1. The number of aryl methyl sites for hydroxylation is 1. The lowest BCUT2D eigenvalue weighted by Crippen LogP contribution is -2.23. The number of carbonyl (C=O) groups excluding carboxylic acids is 1. The smallest absolute Gasteiger partial charge is 0.290 e. The number of hydrogen-bond donors (Lipinski definition) is 1. The van der Waals surface area contributed by atoms with Crippen molar-refractivity contribution in [3.63, 3.8) is 0 Å². The van der Waals surface area contributed by atoms with E-state index in [2.05, 4.69) is 32.3 Å². The summed E-state index contributed by atoms with van der Waals surface area (Å²) in [5.74, 6) is -0.251. The fourth-order valence-corrected chi connectivity index (χ4v) is 3.62. The van der Waals surface area contributed by atoms with Gasteiger partial charge in [0.1, 0.15) is 0 Å². The standard InChI is InChI=1S/C14H19N5O2S/c1-2-4-11-16-9(8-22-11)7-19-6-3-5-10(19)14-17-13(12(15)20)18-21-14/h8,10H,2-7H2,1H3,(H2,15,20). The zero-order chi connectivity index (χ0) is 15.5. The first-order chi connectivity index (χ1) is 10.7. The number of nitrogens with two attached hydrogens (primary N) is 1. The number of thiazole rings is 1. The van der Waals surface area contributed by atoms with Crippen molar-refractivity contribution in [2.75, 3.05) is 6.54 Å². The molecule has 0 saturated carbocycles. The van der Waals surface area contributed by atoms with Crippen LogP contribution in [0.4, 0.5) is 0 Å². The molecule has 3 heterocycles. The summed E-state index contributed by atoms with van der Waals surface area (Å²) in [5, 5.41) is 6.93. The molecule has 0 aromatic carbocycles. The predicted octanol–water partition coefficient (Wildman–Crippen LogP) is 1.91. The summed E-state index contributed by atoms with van der Waals surface area (Å²) >= 11 is 1.71. The van der Waals surface area contributed by atoms with Crippen LogP contribution in [0, 0.1) is 0 Å². The third-order valence-electron chi connectivity index (χ3n) is 3.74. The van der Waals surface area contributed by atoms with Gasteiger partial charge in [0, 0.05) is 11.9 Å². The van der Waals surface area contributed by atoms with E-state index in [0.29, 0.717) is 5.89 Å². The van der Waals surface area contributed by atoms with Crippen LogP contribution in [-0.2, 0) is 13.0 Å². The first kappa shape index (κ1) is 15.1. The van der Waals surface area contributed by atoms with Crippen LogP contribution in [0.3, 0.4) is 0 Å². The summed E-state index contributed by atoms with van der Waals surface area (Å²) < 4.78 is 5.20. The number of rotatable bonds is 6. The molecule has 1 saturated heterocycles. The summed E-state index contributed by atoms with van der Waals surface area (Å²) in [6, 6.07) is 0.0388. The van der Waals surface area contributed by atoms with Gasteiger partial charge in [-0.2, -0.15) is 4.98 Å². The molecule has 3 rings (SSSR count). The van der Waals surface area contributed by atoms with Gasteiger partial charge in [-0.15, -0.1) is 11.3 Å². The molecule has 7 nitrogen and oxygen atoms in total. The summed E-state index contributed by atoms with van der Waals surface area (Å²) in [5.41, 5.74) is 6.25. The van der Waals surface area contributed by atoms with Crippen LogP contribution < -0.4 is 5.73 Å². The van der Waals surface area contributed by atoms with Crippen LogP contribution in [0.2, 0.25) is 0 Å². The Balaban J connectivity index is 1.70. The van der Waals surface area contributed by atoms with Crippen LogP contribution in [0.1, 0.15) is 59.4 Å². The lowest BCUT2D eigenvalue weighted by atomic mass is 10.2. The Labute approximate surface area is 132 Å². The zero-order valence-corrected chi connectivity index (χ0v) is 13.3. The van der Waals surface area contributed by atoms with Gasteiger partial charge in [-0.25, -0.2) is 4.98 Å². The normalized spacial score (nSPS) is 18.9. The van der Waals surface area contributed by atoms with Gasteiger partial charge in [-0.3, -0.25) is 9.69 Å². The molecular formula is C14H19N5O2S. The highest BCUT2D eigenvalue weighted by Crippen LogP contribution is 2.32. The highest BCUT2D eigenvalue weighted by atomic mass is 32.1. The molecule has 1 fully saturated rings. The van der Waals surface area contributed by atoms with Crippen molar-refractivity contribution in [2.24, 2.45) is 5.73 Å². The molecule has 2 N–H and O–H groups in total. The van der Waals surface area contributed by atoms with Crippen LogP contribution >= 0.6 is 11.3 Å². The number of likely N-dealkylation sites (tertiary alicyclic amines) is 1. The van der Waals surface area contributed by atoms with E-state index in [1.807, 2.05) is 0 Å². The quantitative estimate of drug-likeness (QED) is 0.872. The lowest BCUT2D eigenvalue weighted by molar-refractivity contribution is 0.0987. The van der Waals surface area contributed by atoms with Gasteiger partial charge < -0.3 is 10.3 Å². The molecule has 1 aliphatic heterocycles. The Kier molecular flexibility index (Phi) is 4.49. The maximum absolute atomic E-state index is 11.1. The largest absolute Gasteiger partial charge is 0.363 e. The minimum absolute atomic E-state index is 0.0388. The summed E-state index contributed by atoms with van der Waals surface area (Å²) in [7, 11) is 0. The topological polar surface area (TPSA) is 98.1 Å². The van der Waals surface area contributed by atoms with Crippen LogP contribution in [0.5, 0.6) is 0 Å². The highest BCUT2D eigenvalue weighted by Gasteiger charge is 2.31. The number of hydrogen-bond acceptors (Lipinski definition) is 7. The van der Waals surface area contributed by atoms with Crippen LogP contribution in [0.15, 0.2) is 9.90 Å². The first-order valence-corrected chi connectivity index (χ1v) is 8.36. The van der Waals surface area contributed by atoms with Gasteiger partial charge in [-0.05, 0) is 32.2 Å². The Hall–Kier alpha value is -1.80. The molecule has 1 unspecified atom stereocenters. The Morgan fingerprint density at radius 2 is 2.41 bits per heavy atom. The Bertz CT molecular complexity index is 653. The molecule has 2 aromatic rings. The third-order valence-corrected chi connectivity index (χ3v) is 4.70. The van der Waals surface area contributed by atoms with E-state index in [-0.39, 0.29) is 11.9 Å². The second kappa shape index (κ2) is 6.53. The molecule has 118 valence electrons. The predicted molar refractivity (Wildman–Crippen MR) is 81.3 cm³/mol. The molecule has 8 heteroatoms. The van der Waals surface area contributed by atoms with Gasteiger partial charge in [-0.1, -0.05) is 12.1 Å². The molecule has 0 spiro atoms. The fourth-order valence-electron chi connectivity index (χ4n) is 2.72.